The van der Waals surface area contributed by atoms with Crippen LogP contribution < -0.4 is 10.1 Å². The van der Waals surface area contributed by atoms with Crippen LogP contribution in [-0.4, -0.2) is 38.9 Å². The van der Waals surface area contributed by atoms with E-state index in [1.807, 2.05) is 30.3 Å². The van der Waals surface area contributed by atoms with Gasteiger partial charge in [0.2, 0.25) is 5.88 Å². The summed E-state index contributed by atoms with van der Waals surface area (Å²) in [5, 5.41) is 3.43. The Hall–Kier alpha value is -4.11. The van der Waals surface area contributed by atoms with Gasteiger partial charge in [0.15, 0.2) is 5.17 Å². The van der Waals surface area contributed by atoms with Crippen LogP contribution in [0.5, 0.6) is 5.88 Å². The van der Waals surface area contributed by atoms with E-state index < -0.39 is 5.54 Å². The molecule has 190 valence electrons. The van der Waals surface area contributed by atoms with Crippen LogP contribution in [0.15, 0.2) is 84.5 Å². The number of ether oxygens (including phenoxy) is 1. The summed E-state index contributed by atoms with van der Waals surface area (Å²) < 4.78 is 21.4. The first-order valence-electron chi connectivity index (χ1n) is 12.2. The molecule has 0 saturated carbocycles. The number of aliphatic imine (C=N–C) groups is 1. The number of aromatic nitrogens is 3. The summed E-state index contributed by atoms with van der Waals surface area (Å²) in [6, 6.07) is 16.0. The highest BCUT2D eigenvalue weighted by molar-refractivity contribution is 8.13. The molecule has 6 rings (SSSR count). The summed E-state index contributed by atoms with van der Waals surface area (Å²) in [5.74, 6) is 0.552. The Balaban J connectivity index is 1.50. The van der Waals surface area contributed by atoms with E-state index in [0.717, 1.165) is 22.3 Å². The van der Waals surface area contributed by atoms with Crippen LogP contribution in [0.25, 0.3) is 11.1 Å². The van der Waals surface area contributed by atoms with Crippen LogP contribution in [0.4, 0.5) is 4.39 Å². The molecule has 2 atom stereocenters. The molecule has 0 saturated heterocycles. The Labute approximate surface area is 223 Å². The Morgan fingerprint density at radius 3 is 2.71 bits per heavy atom. The summed E-state index contributed by atoms with van der Waals surface area (Å²) in [4.78, 5) is 30.8. The number of methoxy groups -OCH3 is 1. The molecule has 1 aliphatic carbocycles. The number of nitrogens with one attached hydrogen (secondary N) is 1. The van der Waals surface area contributed by atoms with Crippen LogP contribution in [0.3, 0.4) is 0 Å². The molecule has 2 aliphatic rings. The molecule has 0 spiro atoms. The van der Waals surface area contributed by atoms with Gasteiger partial charge < -0.3 is 10.1 Å². The third kappa shape index (κ3) is 4.32. The molecule has 0 bridgehead atoms. The molecule has 0 radical (unpaired) electrons. The average Bonchev–Trinajstić information content (AvgIpc) is 2.96. The van der Waals surface area contributed by atoms with Gasteiger partial charge in [-0.25, -0.2) is 24.3 Å². The molecule has 0 fully saturated rings. The number of thioether (sulfide) groups is 1. The Morgan fingerprint density at radius 1 is 1.11 bits per heavy atom. The van der Waals surface area contributed by atoms with Crippen molar-refractivity contribution in [2.75, 3.05) is 12.9 Å². The summed E-state index contributed by atoms with van der Waals surface area (Å²) in [6.45, 7) is 0. The maximum atomic E-state index is 15.8. The van der Waals surface area contributed by atoms with Gasteiger partial charge in [-0.1, -0.05) is 36.0 Å². The number of carbonyl (C=O) groups excluding carboxylic acids is 1. The van der Waals surface area contributed by atoms with E-state index in [4.69, 9.17) is 9.73 Å². The molecule has 38 heavy (non-hydrogen) atoms. The predicted molar refractivity (Wildman–Crippen MR) is 145 cm³/mol. The molecule has 1 aliphatic heterocycles. The number of benzene rings is 2. The highest BCUT2D eigenvalue weighted by Gasteiger charge is 2.49. The van der Waals surface area contributed by atoms with Crippen molar-refractivity contribution in [1.82, 2.24) is 20.3 Å². The van der Waals surface area contributed by atoms with E-state index in [1.165, 1.54) is 24.2 Å². The van der Waals surface area contributed by atoms with Crippen LogP contribution in [0.1, 0.15) is 27.0 Å². The zero-order valence-electron chi connectivity index (χ0n) is 20.6. The number of pyridine rings is 1. The molecular formula is C29H24FN5O2S. The van der Waals surface area contributed by atoms with Crippen molar-refractivity contribution in [3.8, 4) is 17.0 Å². The quantitative estimate of drug-likeness (QED) is 0.411. The number of amides is 1. The molecule has 7 nitrogen and oxygen atoms in total. The third-order valence-electron chi connectivity index (χ3n) is 7.20. The van der Waals surface area contributed by atoms with E-state index in [0.29, 0.717) is 40.8 Å². The highest BCUT2D eigenvalue weighted by Crippen LogP contribution is 2.50. The van der Waals surface area contributed by atoms with E-state index in [1.54, 1.807) is 43.9 Å². The number of hydrogen-bond donors (Lipinski definition) is 1. The first kappa shape index (κ1) is 24.2. The van der Waals surface area contributed by atoms with Crippen LogP contribution in [-0.2, 0) is 18.4 Å². The van der Waals surface area contributed by atoms with Gasteiger partial charge in [0, 0.05) is 58.9 Å². The van der Waals surface area contributed by atoms with Crippen LogP contribution in [0, 0.1) is 11.7 Å². The molecule has 0 unspecified atom stereocenters. The number of nitrogens with zero attached hydrogens (tertiary/aromatic N) is 4. The van der Waals surface area contributed by atoms with Crippen molar-refractivity contribution < 1.29 is 13.9 Å². The summed E-state index contributed by atoms with van der Waals surface area (Å²) >= 11 is 1.48. The lowest BCUT2D eigenvalue weighted by atomic mass is 9.67. The molecule has 1 N–H and O–H groups in total. The Bertz CT molecular complexity index is 1530. The first-order chi connectivity index (χ1) is 18.6. The van der Waals surface area contributed by atoms with Gasteiger partial charge in [0.05, 0.1) is 12.6 Å². The Kier molecular flexibility index (Phi) is 6.37. The molecule has 2 aromatic heterocycles. The SMILES string of the molecule is COc1nccc2c1C[C@]1(c3cc(-c4cncnc4)ccc3F)N=C(NC(=O)c3ccccc3)SC[C@@H]1C2. The fourth-order valence-electron chi connectivity index (χ4n) is 5.32. The lowest BCUT2D eigenvalue weighted by molar-refractivity contribution is 0.0977. The molecule has 2 aromatic carbocycles. The predicted octanol–water partition coefficient (Wildman–Crippen LogP) is 4.83. The largest absolute Gasteiger partial charge is 0.481 e. The second-order valence-corrected chi connectivity index (χ2v) is 10.3. The van der Waals surface area contributed by atoms with Crippen molar-refractivity contribution in [3.63, 3.8) is 0 Å². The number of amidine groups is 1. The third-order valence-corrected chi connectivity index (χ3v) is 8.24. The molecule has 3 heterocycles. The lowest BCUT2D eigenvalue weighted by Crippen LogP contribution is -2.48. The summed E-state index contributed by atoms with van der Waals surface area (Å²) in [5.41, 5.74) is 3.63. The van der Waals surface area contributed by atoms with E-state index in [2.05, 4.69) is 20.3 Å². The van der Waals surface area contributed by atoms with Crippen molar-refractivity contribution in [2.24, 2.45) is 10.9 Å². The van der Waals surface area contributed by atoms with Gasteiger partial charge in [-0.3, -0.25) is 4.79 Å². The standard InChI is InChI=1S/C29H24FN5O2S/c1-37-27-23-13-29(24-12-19(7-8-25(24)30)21-14-31-17-32-15-21)22(11-20(23)9-10-33-27)16-38-28(35-29)34-26(36)18-5-3-2-4-6-18/h2-10,12,14-15,17,22H,11,13,16H2,1H3,(H,34,35,36)/t22-,29-/m0/s1. The second kappa shape index (κ2) is 9.98. The monoisotopic (exact) mass is 525 g/mol. The first-order valence-corrected chi connectivity index (χ1v) is 13.2. The number of carbonyl (C=O) groups is 1. The van der Waals surface area contributed by atoms with Crippen molar-refractivity contribution >= 4 is 22.8 Å². The Morgan fingerprint density at radius 2 is 1.92 bits per heavy atom. The molecule has 4 aromatic rings. The topological polar surface area (TPSA) is 89.4 Å². The second-order valence-electron chi connectivity index (χ2n) is 9.33. The number of fused-ring (bicyclic) bond motifs is 2. The van der Waals surface area contributed by atoms with E-state index in [-0.39, 0.29) is 17.6 Å². The molecular weight excluding hydrogens is 501 g/mol. The highest BCUT2D eigenvalue weighted by atomic mass is 32.2. The zero-order valence-corrected chi connectivity index (χ0v) is 21.4. The minimum atomic E-state index is -0.969. The van der Waals surface area contributed by atoms with Gasteiger partial charge in [0.25, 0.3) is 5.91 Å². The van der Waals surface area contributed by atoms with Crippen molar-refractivity contribution in [1.29, 1.82) is 0 Å². The summed E-state index contributed by atoms with van der Waals surface area (Å²) in [6.07, 6.45) is 7.68. The minimum absolute atomic E-state index is 0.0127. The number of hydrogen-bond acceptors (Lipinski definition) is 7. The fourth-order valence-corrected chi connectivity index (χ4v) is 6.46. The van der Waals surface area contributed by atoms with Gasteiger partial charge in [-0.2, -0.15) is 0 Å². The summed E-state index contributed by atoms with van der Waals surface area (Å²) in [7, 11) is 1.59. The number of halogens is 1. The van der Waals surface area contributed by atoms with Gasteiger partial charge >= 0.3 is 0 Å². The zero-order chi connectivity index (χ0) is 26.1. The van der Waals surface area contributed by atoms with E-state index >= 15 is 4.39 Å². The molecule has 1 amide bonds. The van der Waals surface area contributed by atoms with Gasteiger partial charge in [0.1, 0.15) is 12.1 Å². The maximum Gasteiger partial charge on any atom is 0.257 e. The number of rotatable bonds is 4. The smallest absolute Gasteiger partial charge is 0.257 e. The van der Waals surface area contributed by atoms with Crippen molar-refractivity contribution in [3.05, 3.63) is 108 Å². The van der Waals surface area contributed by atoms with Crippen LogP contribution in [0.2, 0.25) is 0 Å². The fraction of sp³-hybridized carbons (Fsp3) is 0.207. The molecule has 9 heteroatoms. The van der Waals surface area contributed by atoms with E-state index in [9.17, 15) is 4.79 Å². The maximum absolute atomic E-state index is 15.8. The minimum Gasteiger partial charge on any atom is -0.481 e. The van der Waals surface area contributed by atoms with Gasteiger partial charge in [-0.05, 0) is 47.9 Å². The lowest BCUT2D eigenvalue weighted by Gasteiger charge is -2.45. The normalized spacial score (nSPS) is 20.1. The van der Waals surface area contributed by atoms with Gasteiger partial charge in [-0.15, -0.1) is 0 Å². The van der Waals surface area contributed by atoms with Crippen molar-refractivity contribution in [2.45, 2.75) is 18.4 Å². The average molecular weight is 526 g/mol. The van der Waals surface area contributed by atoms with Crippen LogP contribution >= 0.6 is 11.8 Å².